The molecule has 6 nitrogen and oxygen atoms in total. The van der Waals surface area contributed by atoms with Gasteiger partial charge in [0.2, 0.25) is 5.91 Å². The first-order chi connectivity index (χ1) is 17.8. The number of amidine groups is 1. The summed E-state index contributed by atoms with van der Waals surface area (Å²) in [6.07, 6.45) is 6.56. The fourth-order valence-corrected chi connectivity index (χ4v) is 4.71. The minimum absolute atomic E-state index is 0.0484. The van der Waals surface area contributed by atoms with Gasteiger partial charge in [0.25, 0.3) is 0 Å². The lowest BCUT2D eigenvalue weighted by molar-refractivity contribution is -0.127. The lowest BCUT2D eigenvalue weighted by Gasteiger charge is -2.23. The van der Waals surface area contributed by atoms with E-state index in [0.29, 0.717) is 55.4 Å². The molecule has 2 aromatic carbocycles. The van der Waals surface area contributed by atoms with Crippen LogP contribution in [-0.2, 0) is 16.0 Å². The van der Waals surface area contributed by atoms with Crippen LogP contribution in [-0.4, -0.2) is 47.2 Å². The number of amides is 1. The molecule has 198 valence electrons. The Bertz CT molecular complexity index is 1150. The summed E-state index contributed by atoms with van der Waals surface area (Å²) >= 11 is 0. The second-order valence-electron chi connectivity index (χ2n) is 10.3. The van der Waals surface area contributed by atoms with Crippen molar-refractivity contribution in [3.63, 3.8) is 0 Å². The van der Waals surface area contributed by atoms with Crippen molar-refractivity contribution in [2.75, 3.05) is 19.7 Å². The van der Waals surface area contributed by atoms with Crippen LogP contribution in [0.1, 0.15) is 70.4 Å². The number of nitrogens with two attached hydrogens (primary N) is 1. The zero-order chi connectivity index (χ0) is 26.8. The summed E-state index contributed by atoms with van der Waals surface area (Å²) in [4.78, 5) is 32.4. The van der Waals surface area contributed by atoms with Crippen LogP contribution in [0.2, 0.25) is 0 Å². The van der Waals surface area contributed by atoms with Crippen molar-refractivity contribution in [1.29, 1.82) is 0 Å². The lowest BCUT2D eigenvalue weighted by Crippen LogP contribution is -2.35. The number of aliphatic imine (C=N–C) groups is 1. The molecule has 37 heavy (non-hydrogen) atoms. The fraction of sp³-hybridized carbons (Fsp3) is 0.452. The van der Waals surface area contributed by atoms with Crippen LogP contribution >= 0.6 is 0 Å². The maximum absolute atomic E-state index is 13.3. The Kier molecular flexibility index (Phi) is 10.6. The molecular formula is C31H41N3O3. The molecule has 2 aromatic rings. The molecule has 3 rings (SSSR count). The van der Waals surface area contributed by atoms with Gasteiger partial charge in [-0.15, -0.1) is 0 Å². The molecule has 0 aliphatic carbocycles. The molecule has 1 amide bonds. The number of Topliss-reactive ketones (excluding diaryl/α,β-unsaturated/α-hetero) is 1. The molecule has 0 saturated carbocycles. The minimum Gasteiger partial charge on any atom is -0.396 e. The van der Waals surface area contributed by atoms with Crippen molar-refractivity contribution < 1.29 is 14.7 Å². The highest BCUT2D eigenvalue weighted by molar-refractivity contribution is 6.05. The highest BCUT2D eigenvalue weighted by atomic mass is 16.3. The first-order valence-corrected chi connectivity index (χ1v) is 13.5. The largest absolute Gasteiger partial charge is 0.396 e. The monoisotopic (exact) mass is 503 g/mol. The molecule has 0 atom stereocenters. The molecule has 6 heteroatoms. The summed E-state index contributed by atoms with van der Waals surface area (Å²) < 4.78 is 0. The van der Waals surface area contributed by atoms with Crippen LogP contribution in [0.5, 0.6) is 0 Å². The smallest absolute Gasteiger partial charge is 0.250 e. The van der Waals surface area contributed by atoms with Crippen molar-refractivity contribution >= 4 is 29.3 Å². The third-order valence-corrected chi connectivity index (χ3v) is 6.59. The molecule has 0 saturated heterocycles. The summed E-state index contributed by atoms with van der Waals surface area (Å²) in [6.45, 7) is 7.58. The van der Waals surface area contributed by atoms with Crippen LogP contribution < -0.4 is 5.73 Å². The van der Waals surface area contributed by atoms with E-state index in [1.54, 1.807) is 4.90 Å². The first-order valence-electron chi connectivity index (χ1n) is 13.5. The normalized spacial score (nSPS) is 13.0. The average Bonchev–Trinajstić information content (AvgIpc) is 3.03. The number of carbonyl (C=O) groups is 2. The maximum atomic E-state index is 13.3. The fourth-order valence-electron chi connectivity index (χ4n) is 4.71. The van der Waals surface area contributed by atoms with E-state index in [1.165, 1.54) is 0 Å². The standard InChI is InChI=1S/C31H41N3O3/c1-4-15-34(16-8-17-35)31(37)26-18-25-14-13-24(20-29(25)33-30(32)21-26)28-12-6-5-10-23(28)19-27(36)11-7-9-22(2)3/h5-6,10,12-14,18,20,22,35H,4,7-9,11,15-17,19,21H2,1-3H3,(H2,32,33). The highest BCUT2D eigenvalue weighted by Gasteiger charge is 2.21. The van der Waals surface area contributed by atoms with E-state index in [4.69, 9.17) is 5.73 Å². The maximum Gasteiger partial charge on any atom is 0.250 e. The second kappa shape index (κ2) is 13.9. The van der Waals surface area contributed by atoms with Gasteiger partial charge >= 0.3 is 0 Å². The molecule has 1 aliphatic rings. The van der Waals surface area contributed by atoms with Crippen molar-refractivity contribution in [3.05, 3.63) is 59.2 Å². The Balaban J connectivity index is 1.87. The predicted octanol–water partition coefficient (Wildman–Crippen LogP) is 5.69. The molecule has 0 radical (unpaired) electrons. The number of hydrogen-bond donors (Lipinski definition) is 2. The Morgan fingerprint density at radius 3 is 2.62 bits per heavy atom. The number of rotatable bonds is 13. The van der Waals surface area contributed by atoms with E-state index in [1.807, 2.05) is 55.5 Å². The molecule has 1 aliphatic heterocycles. The van der Waals surface area contributed by atoms with Crippen molar-refractivity contribution in [1.82, 2.24) is 4.90 Å². The number of ketones is 1. The molecule has 0 bridgehead atoms. The van der Waals surface area contributed by atoms with Crippen LogP contribution in [0.4, 0.5) is 5.69 Å². The highest BCUT2D eigenvalue weighted by Crippen LogP contribution is 2.33. The predicted molar refractivity (Wildman–Crippen MR) is 152 cm³/mol. The number of aliphatic hydroxyl groups excluding tert-OH is 1. The van der Waals surface area contributed by atoms with Gasteiger partial charge in [-0.3, -0.25) is 9.59 Å². The van der Waals surface area contributed by atoms with Crippen molar-refractivity contribution in [2.45, 2.75) is 65.7 Å². The molecular weight excluding hydrogens is 462 g/mol. The SMILES string of the molecule is CCCN(CCCO)C(=O)C1=Cc2ccc(-c3ccccc3CC(=O)CCCC(C)C)cc2N=C(N)C1. The summed E-state index contributed by atoms with van der Waals surface area (Å²) in [7, 11) is 0. The van der Waals surface area contributed by atoms with Gasteiger partial charge in [0.05, 0.1) is 5.69 Å². The molecule has 0 aromatic heterocycles. The minimum atomic E-state index is -0.0632. The van der Waals surface area contributed by atoms with E-state index in [9.17, 15) is 14.7 Å². The Morgan fingerprint density at radius 1 is 1.11 bits per heavy atom. The van der Waals surface area contributed by atoms with Crippen LogP contribution in [0.25, 0.3) is 17.2 Å². The van der Waals surface area contributed by atoms with E-state index < -0.39 is 0 Å². The quantitative estimate of drug-likeness (QED) is 0.367. The summed E-state index contributed by atoms with van der Waals surface area (Å²) in [6, 6.07) is 14.0. The van der Waals surface area contributed by atoms with Gasteiger partial charge in [-0.2, -0.15) is 0 Å². The summed E-state index contributed by atoms with van der Waals surface area (Å²) in [5, 5.41) is 9.23. The van der Waals surface area contributed by atoms with Gasteiger partial charge < -0.3 is 15.7 Å². The topological polar surface area (TPSA) is 96.0 Å². The van der Waals surface area contributed by atoms with Crippen molar-refractivity contribution in [3.8, 4) is 11.1 Å². The van der Waals surface area contributed by atoms with E-state index in [2.05, 4.69) is 18.8 Å². The number of aliphatic hydroxyl groups is 1. The molecule has 0 spiro atoms. The van der Waals surface area contributed by atoms with Gasteiger partial charge in [-0.25, -0.2) is 4.99 Å². The summed E-state index contributed by atoms with van der Waals surface area (Å²) in [5.41, 5.74) is 11.4. The number of benzene rings is 2. The molecule has 1 heterocycles. The number of hydrogen-bond acceptors (Lipinski definition) is 5. The number of fused-ring (bicyclic) bond motifs is 1. The lowest BCUT2D eigenvalue weighted by atomic mass is 9.93. The first kappa shape index (κ1) is 28.3. The Hall–Kier alpha value is -3.25. The van der Waals surface area contributed by atoms with E-state index in [0.717, 1.165) is 41.5 Å². The van der Waals surface area contributed by atoms with Gasteiger partial charge in [0.15, 0.2) is 0 Å². The van der Waals surface area contributed by atoms with Crippen LogP contribution in [0.3, 0.4) is 0 Å². The number of nitrogens with zero attached hydrogens (tertiary/aromatic N) is 2. The van der Waals surface area contributed by atoms with Gasteiger partial charge in [-0.05, 0) is 54.0 Å². The summed E-state index contributed by atoms with van der Waals surface area (Å²) in [5.74, 6) is 1.19. The van der Waals surface area contributed by atoms with Crippen LogP contribution in [0, 0.1) is 5.92 Å². The second-order valence-corrected chi connectivity index (χ2v) is 10.3. The van der Waals surface area contributed by atoms with Gasteiger partial charge in [-0.1, -0.05) is 63.6 Å². The van der Waals surface area contributed by atoms with Gasteiger partial charge in [0, 0.05) is 50.1 Å². The Labute approximate surface area is 221 Å². The molecule has 3 N–H and O–H groups in total. The van der Waals surface area contributed by atoms with Crippen molar-refractivity contribution in [2.24, 2.45) is 16.6 Å². The molecule has 0 fully saturated rings. The average molecular weight is 504 g/mol. The third-order valence-electron chi connectivity index (χ3n) is 6.59. The van der Waals surface area contributed by atoms with Crippen LogP contribution in [0.15, 0.2) is 53.0 Å². The zero-order valence-electron chi connectivity index (χ0n) is 22.5. The van der Waals surface area contributed by atoms with Gasteiger partial charge in [0.1, 0.15) is 11.6 Å². The molecule has 0 unspecified atom stereocenters. The van der Waals surface area contributed by atoms with E-state index in [-0.39, 0.29) is 24.7 Å². The third kappa shape index (κ3) is 8.12. The van der Waals surface area contributed by atoms with E-state index >= 15 is 0 Å². The zero-order valence-corrected chi connectivity index (χ0v) is 22.5. The number of carbonyl (C=O) groups excluding carboxylic acids is 2. The Morgan fingerprint density at radius 2 is 1.89 bits per heavy atom.